The Bertz CT molecular complexity index is 777. The molecule has 29 heavy (non-hydrogen) atoms. The molecule has 1 amide bonds. The number of amides is 1. The Morgan fingerprint density at radius 2 is 1.83 bits per heavy atom. The lowest BCUT2D eigenvalue weighted by Crippen LogP contribution is -2.49. The number of halogens is 1. The highest BCUT2D eigenvalue weighted by molar-refractivity contribution is 7.91. The lowest BCUT2D eigenvalue weighted by atomic mass is 10.1. The summed E-state index contributed by atoms with van der Waals surface area (Å²) in [4.78, 5) is 19.0. The van der Waals surface area contributed by atoms with E-state index in [4.69, 9.17) is 0 Å². The fourth-order valence-corrected chi connectivity index (χ4v) is 5.93. The minimum Gasteiger partial charge on any atom is -0.368 e. The van der Waals surface area contributed by atoms with Crippen LogP contribution in [0.4, 0.5) is 10.1 Å². The fourth-order valence-electron chi connectivity index (χ4n) is 4.16. The zero-order valence-corrected chi connectivity index (χ0v) is 18.0. The highest BCUT2D eigenvalue weighted by Gasteiger charge is 2.32. The van der Waals surface area contributed by atoms with Gasteiger partial charge in [0.15, 0.2) is 9.84 Å². The second-order valence-electron chi connectivity index (χ2n) is 8.04. The summed E-state index contributed by atoms with van der Waals surface area (Å²) in [6.07, 6.45) is 3.17. The highest BCUT2D eigenvalue weighted by atomic mass is 32.2. The first-order chi connectivity index (χ1) is 13.9. The first kappa shape index (κ1) is 22.0. The predicted molar refractivity (Wildman–Crippen MR) is 113 cm³/mol. The summed E-state index contributed by atoms with van der Waals surface area (Å²) in [7, 11) is -2.93. The van der Waals surface area contributed by atoms with Gasteiger partial charge < -0.3 is 9.80 Å². The van der Waals surface area contributed by atoms with E-state index < -0.39 is 9.84 Å². The molecule has 0 N–H and O–H groups in total. The topological polar surface area (TPSA) is 60.9 Å². The van der Waals surface area contributed by atoms with Crippen molar-refractivity contribution in [2.75, 3.05) is 55.7 Å². The van der Waals surface area contributed by atoms with Crippen LogP contribution in [0.1, 0.15) is 32.6 Å². The average molecular weight is 426 g/mol. The van der Waals surface area contributed by atoms with Crippen molar-refractivity contribution in [3.05, 3.63) is 30.1 Å². The van der Waals surface area contributed by atoms with Gasteiger partial charge in [-0.2, -0.15) is 0 Å². The third kappa shape index (κ3) is 6.15. The molecule has 162 valence electrons. The van der Waals surface area contributed by atoms with E-state index in [1.165, 1.54) is 12.1 Å². The SMILES string of the molecule is CCCCN(CCC(=O)N1CCN(c2ccc(F)cc2)CC1)C1CCS(=O)(=O)C1. The Morgan fingerprint density at radius 1 is 1.14 bits per heavy atom. The van der Waals surface area contributed by atoms with Crippen LogP contribution >= 0.6 is 0 Å². The summed E-state index contributed by atoms with van der Waals surface area (Å²) in [5, 5.41) is 0. The second-order valence-corrected chi connectivity index (χ2v) is 10.3. The average Bonchev–Trinajstić information content (AvgIpc) is 3.08. The molecule has 3 rings (SSSR count). The maximum absolute atomic E-state index is 13.1. The molecule has 8 heteroatoms. The van der Waals surface area contributed by atoms with E-state index in [1.54, 1.807) is 12.1 Å². The van der Waals surface area contributed by atoms with Crippen LogP contribution < -0.4 is 4.90 Å². The van der Waals surface area contributed by atoms with Crippen molar-refractivity contribution < 1.29 is 17.6 Å². The summed E-state index contributed by atoms with van der Waals surface area (Å²) >= 11 is 0. The van der Waals surface area contributed by atoms with E-state index >= 15 is 0 Å². The van der Waals surface area contributed by atoms with Crippen LogP contribution in [0.15, 0.2) is 24.3 Å². The molecule has 2 aliphatic heterocycles. The van der Waals surface area contributed by atoms with Crippen molar-refractivity contribution >= 4 is 21.4 Å². The number of carbonyl (C=O) groups excluding carboxylic acids is 1. The Labute approximate surface area is 173 Å². The largest absolute Gasteiger partial charge is 0.368 e. The summed E-state index contributed by atoms with van der Waals surface area (Å²) in [5.74, 6) is 0.372. The standard InChI is InChI=1S/C21H32FN3O3S/c1-2-3-10-23(20-9-16-29(27,28)17-20)11-8-21(26)25-14-12-24(13-15-25)19-6-4-18(22)5-7-19/h4-7,20H,2-3,8-17H2,1H3. The van der Waals surface area contributed by atoms with Crippen molar-refractivity contribution in [2.24, 2.45) is 0 Å². The quantitative estimate of drug-likeness (QED) is 0.639. The number of hydrogen-bond acceptors (Lipinski definition) is 5. The number of benzene rings is 1. The van der Waals surface area contributed by atoms with Crippen LogP contribution in [0.5, 0.6) is 0 Å². The van der Waals surface area contributed by atoms with Gasteiger partial charge in [-0.3, -0.25) is 9.69 Å². The molecule has 2 heterocycles. The number of nitrogens with zero attached hydrogens (tertiary/aromatic N) is 3. The molecule has 0 saturated carbocycles. The molecular formula is C21H32FN3O3S. The third-order valence-electron chi connectivity index (χ3n) is 5.96. The minimum atomic E-state index is -2.93. The third-order valence-corrected chi connectivity index (χ3v) is 7.71. The number of rotatable bonds is 8. The Kier molecular flexibility index (Phi) is 7.51. The predicted octanol–water partition coefficient (Wildman–Crippen LogP) is 2.15. The molecule has 1 aromatic rings. The smallest absolute Gasteiger partial charge is 0.223 e. The van der Waals surface area contributed by atoms with Crippen LogP contribution in [0.2, 0.25) is 0 Å². The van der Waals surface area contributed by atoms with Gasteiger partial charge in [0.1, 0.15) is 5.82 Å². The Balaban J connectivity index is 1.48. The van der Waals surface area contributed by atoms with Crippen LogP contribution in [-0.2, 0) is 14.6 Å². The number of sulfone groups is 1. The molecule has 0 bridgehead atoms. The molecule has 0 aromatic heterocycles. The van der Waals surface area contributed by atoms with E-state index in [9.17, 15) is 17.6 Å². The van der Waals surface area contributed by atoms with Crippen LogP contribution in [-0.4, -0.2) is 80.9 Å². The van der Waals surface area contributed by atoms with E-state index in [2.05, 4.69) is 16.7 Å². The number of hydrogen-bond donors (Lipinski definition) is 0. The molecule has 2 fully saturated rings. The van der Waals surface area contributed by atoms with Gasteiger partial charge in [0.05, 0.1) is 11.5 Å². The van der Waals surface area contributed by atoms with E-state index in [0.29, 0.717) is 32.5 Å². The zero-order valence-electron chi connectivity index (χ0n) is 17.2. The molecule has 0 spiro atoms. The molecule has 1 aromatic carbocycles. The molecule has 2 saturated heterocycles. The van der Waals surface area contributed by atoms with Crippen LogP contribution in [0.25, 0.3) is 0 Å². The first-order valence-electron chi connectivity index (χ1n) is 10.6. The Hall–Kier alpha value is -1.67. The number of carbonyl (C=O) groups is 1. The van der Waals surface area contributed by atoms with Gasteiger partial charge in [-0.05, 0) is 43.7 Å². The first-order valence-corrected chi connectivity index (χ1v) is 12.4. The summed E-state index contributed by atoms with van der Waals surface area (Å²) in [6, 6.07) is 6.51. The molecule has 0 radical (unpaired) electrons. The summed E-state index contributed by atoms with van der Waals surface area (Å²) < 4.78 is 36.8. The molecule has 2 aliphatic rings. The van der Waals surface area contributed by atoms with Crippen LogP contribution in [0, 0.1) is 5.82 Å². The van der Waals surface area contributed by atoms with Gasteiger partial charge in [0.2, 0.25) is 5.91 Å². The Morgan fingerprint density at radius 3 is 2.41 bits per heavy atom. The lowest BCUT2D eigenvalue weighted by molar-refractivity contribution is -0.131. The normalized spacial score (nSPS) is 21.7. The molecule has 6 nitrogen and oxygen atoms in total. The van der Waals surface area contributed by atoms with Gasteiger partial charge in [-0.1, -0.05) is 13.3 Å². The maximum atomic E-state index is 13.1. The lowest BCUT2D eigenvalue weighted by Gasteiger charge is -2.36. The van der Waals surface area contributed by atoms with Gasteiger partial charge in [0.25, 0.3) is 0 Å². The number of unbranched alkanes of at least 4 members (excludes halogenated alkanes) is 1. The van der Waals surface area contributed by atoms with Gasteiger partial charge in [-0.15, -0.1) is 0 Å². The van der Waals surface area contributed by atoms with Gasteiger partial charge in [0, 0.05) is 50.9 Å². The van der Waals surface area contributed by atoms with E-state index in [1.807, 2.05) is 4.90 Å². The highest BCUT2D eigenvalue weighted by Crippen LogP contribution is 2.20. The van der Waals surface area contributed by atoms with Crippen molar-refractivity contribution in [2.45, 2.75) is 38.6 Å². The zero-order chi connectivity index (χ0) is 20.9. The molecule has 1 atom stereocenters. The van der Waals surface area contributed by atoms with Crippen molar-refractivity contribution in [3.63, 3.8) is 0 Å². The monoisotopic (exact) mass is 425 g/mol. The molecule has 1 unspecified atom stereocenters. The summed E-state index contributed by atoms with van der Waals surface area (Å²) in [6.45, 7) is 6.37. The molecular weight excluding hydrogens is 393 g/mol. The second kappa shape index (κ2) is 9.89. The number of piperazine rings is 1. The van der Waals surface area contributed by atoms with Crippen molar-refractivity contribution in [1.82, 2.24) is 9.80 Å². The van der Waals surface area contributed by atoms with E-state index in [-0.39, 0.29) is 29.3 Å². The minimum absolute atomic E-state index is 0.0506. The van der Waals surface area contributed by atoms with Gasteiger partial charge in [-0.25, -0.2) is 12.8 Å². The van der Waals surface area contributed by atoms with Gasteiger partial charge >= 0.3 is 0 Å². The summed E-state index contributed by atoms with van der Waals surface area (Å²) in [5.41, 5.74) is 0.978. The van der Waals surface area contributed by atoms with E-state index in [0.717, 1.165) is 38.2 Å². The maximum Gasteiger partial charge on any atom is 0.223 e. The van der Waals surface area contributed by atoms with Crippen LogP contribution in [0.3, 0.4) is 0 Å². The number of anilines is 1. The van der Waals surface area contributed by atoms with Crippen molar-refractivity contribution in [1.29, 1.82) is 0 Å². The fraction of sp³-hybridized carbons (Fsp3) is 0.667. The molecule has 0 aliphatic carbocycles. The van der Waals surface area contributed by atoms with Crippen molar-refractivity contribution in [3.8, 4) is 0 Å².